The quantitative estimate of drug-likeness (QED) is 0.197. The second-order valence-electron chi connectivity index (χ2n) is 11.7. The number of benzene rings is 8. The predicted molar refractivity (Wildman–Crippen MR) is 184 cm³/mol. The highest BCUT2D eigenvalue weighted by Crippen LogP contribution is 2.46. The molecule has 2 heteroatoms. The summed E-state index contributed by atoms with van der Waals surface area (Å²) < 4.78 is 13.1. The minimum Gasteiger partial charge on any atom is -0.456 e. The first-order chi connectivity index (χ1) is 21.8. The minimum atomic E-state index is 0.884. The topological polar surface area (TPSA) is 26.3 Å². The first-order valence-electron chi connectivity index (χ1n) is 15.0. The van der Waals surface area contributed by atoms with Gasteiger partial charge in [0.25, 0.3) is 0 Å². The Bertz CT molecular complexity index is 2720. The van der Waals surface area contributed by atoms with Gasteiger partial charge in [0, 0.05) is 21.7 Å². The molecule has 204 valence electrons. The van der Waals surface area contributed by atoms with Gasteiger partial charge in [0.05, 0.1) is 0 Å². The Kier molecular flexibility index (Phi) is 4.75. The fourth-order valence-electron chi connectivity index (χ4n) is 7.24. The molecule has 0 spiro atoms. The highest BCUT2D eigenvalue weighted by Gasteiger charge is 2.20. The Hall–Kier alpha value is -5.86. The second-order valence-corrected chi connectivity index (χ2v) is 11.7. The summed E-state index contributed by atoms with van der Waals surface area (Å²) in [5.41, 5.74) is 6.17. The Morgan fingerprint density at radius 3 is 1.59 bits per heavy atom. The van der Waals surface area contributed by atoms with Crippen molar-refractivity contribution >= 4 is 76.0 Å². The zero-order valence-electron chi connectivity index (χ0n) is 23.7. The molecule has 0 unspecified atom stereocenters. The molecule has 0 atom stereocenters. The fraction of sp³-hybridized carbons (Fsp3) is 0. The van der Waals surface area contributed by atoms with Gasteiger partial charge in [-0.05, 0) is 90.6 Å². The van der Waals surface area contributed by atoms with E-state index in [1.807, 2.05) is 0 Å². The summed E-state index contributed by atoms with van der Waals surface area (Å²) in [7, 11) is 0. The van der Waals surface area contributed by atoms with E-state index in [-0.39, 0.29) is 0 Å². The number of hydrogen-bond acceptors (Lipinski definition) is 2. The fourth-order valence-corrected chi connectivity index (χ4v) is 7.24. The molecular formula is C42H24O2. The van der Waals surface area contributed by atoms with E-state index in [2.05, 4.69) is 146 Å². The van der Waals surface area contributed by atoms with Crippen LogP contribution in [0.1, 0.15) is 0 Å². The van der Waals surface area contributed by atoms with Crippen molar-refractivity contribution in [3.05, 3.63) is 146 Å². The van der Waals surface area contributed by atoms with Gasteiger partial charge in [-0.25, -0.2) is 0 Å². The Morgan fingerprint density at radius 1 is 0.295 bits per heavy atom. The average molecular weight is 561 g/mol. The molecule has 2 nitrogen and oxygen atoms in total. The van der Waals surface area contributed by atoms with Gasteiger partial charge >= 0.3 is 0 Å². The van der Waals surface area contributed by atoms with Crippen molar-refractivity contribution in [1.29, 1.82) is 0 Å². The molecule has 0 fully saturated rings. The summed E-state index contributed by atoms with van der Waals surface area (Å²) in [5.74, 6) is 0.884. The normalized spacial score (nSPS) is 12.1. The molecule has 0 bridgehead atoms. The summed E-state index contributed by atoms with van der Waals surface area (Å²) in [6.45, 7) is 0. The third-order valence-electron chi connectivity index (χ3n) is 9.23. The van der Waals surface area contributed by atoms with Crippen LogP contribution in [0, 0.1) is 0 Å². The van der Waals surface area contributed by atoms with Gasteiger partial charge in [-0.1, -0.05) is 109 Å². The monoisotopic (exact) mass is 560 g/mol. The van der Waals surface area contributed by atoms with E-state index in [4.69, 9.17) is 8.83 Å². The molecule has 0 saturated heterocycles. The predicted octanol–water partition coefficient (Wildman–Crippen LogP) is 12.3. The molecule has 2 heterocycles. The molecule has 0 aliphatic heterocycles. The first kappa shape index (κ1) is 23.7. The van der Waals surface area contributed by atoms with Crippen LogP contribution in [-0.4, -0.2) is 0 Å². The molecular weight excluding hydrogens is 536 g/mol. The van der Waals surface area contributed by atoms with E-state index in [1.54, 1.807) is 0 Å². The highest BCUT2D eigenvalue weighted by molar-refractivity contribution is 6.22. The third kappa shape index (κ3) is 3.31. The van der Waals surface area contributed by atoms with Crippen LogP contribution in [0.2, 0.25) is 0 Å². The Balaban J connectivity index is 1.26. The second kappa shape index (κ2) is 8.82. The van der Waals surface area contributed by atoms with E-state index in [1.165, 1.54) is 48.7 Å². The smallest absolute Gasteiger partial charge is 0.136 e. The molecule has 0 saturated carbocycles. The third-order valence-corrected chi connectivity index (χ3v) is 9.23. The average Bonchev–Trinajstić information content (AvgIpc) is 3.67. The van der Waals surface area contributed by atoms with Crippen LogP contribution in [0.3, 0.4) is 0 Å². The van der Waals surface area contributed by atoms with Crippen molar-refractivity contribution < 1.29 is 8.83 Å². The minimum absolute atomic E-state index is 0.884. The van der Waals surface area contributed by atoms with Crippen molar-refractivity contribution in [2.24, 2.45) is 0 Å². The molecule has 0 radical (unpaired) electrons. The van der Waals surface area contributed by atoms with Gasteiger partial charge in [0.2, 0.25) is 0 Å². The summed E-state index contributed by atoms with van der Waals surface area (Å²) in [5, 5.41) is 13.0. The van der Waals surface area contributed by atoms with Gasteiger partial charge in [0.1, 0.15) is 22.5 Å². The lowest BCUT2D eigenvalue weighted by atomic mass is 9.87. The summed E-state index contributed by atoms with van der Waals surface area (Å²) >= 11 is 0. The van der Waals surface area contributed by atoms with E-state index < -0.39 is 0 Å². The molecule has 0 aliphatic rings. The molecule has 8 aromatic carbocycles. The Labute approximate surface area is 252 Å². The van der Waals surface area contributed by atoms with Crippen LogP contribution in [0.15, 0.2) is 154 Å². The van der Waals surface area contributed by atoms with Gasteiger partial charge in [-0.2, -0.15) is 0 Å². The summed E-state index contributed by atoms with van der Waals surface area (Å²) in [4.78, 5) is 0. The standard InChI is InChI=1S/C42H24O2/c1-2-11-27-22-39-35(21-26(27)10-1)30-19-17-28(23-38(30)44-39)41-31-13-5-7-15-33(31)42(34-16-8-6-14-32(34)41)40-24-36-29-12-4-3-9-25(29)18-20-37(36)43-40/h1-24H. The van der Waals surface area contributed by atoms with E-state index in [0.717, 1.165) is 49.8 Å². The lowest BCUT2D eigenvalue weighted by Crippen LogP contribution is -1.89. The lowest BCUT2D eigenvalue weighted by Gasteiger charge is -2.16. The molecule has 0 amide bonds. The van der Waals surface area contributed by atoms with Crippen LogP contribution in [0.25, 0.3) is 98.4 Å². The first-order valence-corrected chi connectivity index (χ1v) is 15.0. The highest BCUT2D eigenvalue weighted by atomic mass is 16.3. The van der Waals surface area contributed by atoms with Crippen molar-refractivity contribution in [1.82, 2.24) is 0 Å². The largest absolute Gasteiger partial charge is 0.456 e. The van der Waals surface area contributed by atoms with E-state index in [0.29, 0.717) is 0 Å². The van der Waals surface area contributed by atoms with E-state index in [9.17, 15) is 0 Å². The van der Waals surface area contributed by atoms with Crippen molar-refractivity contribution in [3.63, 3.8) is 0 Å². The number of fused-ring (bicyclic) bond motifs is 9. The van der Waals surface area contributed by atoms with Crippen LogP contribution in [0.4, 0.5) is 0 Å². The van der Waals surface area contributed by atoms with Crippen LogP contribution in [0.5, 0.6) is 0 Å². The van der Waals surface area contributed by atoms with Crippen LogP contribution >= 0.6 is 0 Å². The Morgan fingerprint density at radius 2 is 0.864 bits per heavy atom. The molecule has 10 rings (SSSR count). The van der Waals surface area contributed by atoms with Gasteiger partial charge in [-0.15, -0.1) is 0 Å². The van der Waals surface area contributed by atoms with Gasteiger partial charge in [-0.3, -0.25) is 0 Å². The number of hydrogen-bond donors (Lipinski definition) is 0. The summed E-state index contributed by atoms with van der Waals surface area (Å²) in [6, 6.07) is 51.9. The van der Waals surface area contributed by atoms with E-state index >= 15 is 0 Å². The molecule has 0 aliphatic carbocycles. The van der Waals surface area contributed by atoms with Crippen LogP contribution < -0.4 is 0 Å². The van der Waals surface area contributed by atoms with Crippen molar-refractivity contribution in [3.8, 4) is 22.5 Å². The SMILES string of the molecule is c1ccc2cc3c(cc2c1)oc1cc(-c2c4ccccc4c(-c4cc5c(ccc6ccccc65)o4)c4ccccc24)ccc13. The van der Waals surface area contributed by atoms with Crippen LogP contribution in [-0.2, 0) is 0 Å². The lowest BCUT2D eigenvalue weighted by molar-refractivity contribution is 0.633. The summed E-state index contributed by atoms with van der Waals surface area (Å²) in [6.07, 6.45) is 0. The van der Waals surface area contributed by atoms with Gasteiger partial charge < -0.3 is 8.83 Å². The maximum Gasteiger partial charge on any atom is 0.136 e. The molecule has 0 N–H and O–H groups in total. The number of rotatable bonds is 2. The maximum absolute atomic E-state index is 6.63. The van der Waals surface area contributed by atoms with Gasteiger partial charge in [0.15, 0.2) is 0 Å². The molecule has 10 aromatic rings. The number of furan rings is 2. The van der Waals surface area contributed by atoms with Crippen molar-refractivity contribution in [2.75, 3.05) is 0 Å². The zero-order chi connectivity index (χ0) is 28.8. The molecule has 2 aromatic heterocycles. The van der Waals surface area contributed by atoms with Crippen molar-refractivity contribution in [2.45, 2.75) is 0 Å². The molecule has 44 heavy (non-hydrogen) atoms. The zero-order valence-corrected chi connectivity index (χ0v) is 23.7. The maximum atomic E-state index is 6.63.